The number of aromatic nitrogens is 2. The Balaban J connectivity index is 1.81. The van der Waals surface area contributed by atoms with Crippen molar-refractivity contribution in [3.63, 3.8) is 0 Å². The zero-order valence-electron chi connectivity index (χ0n) is 11.6. The van der Waals surface area contributed by atoms with Gasteiger partial charge in [-0.05, 0) is 23.6 Å². The Hall–Kier alpha value is -2.14. The van der Waals surface area contributed by atoms with Gasteiger partial charge in [-0.2, -0.15) is 0 Å². The Morgan fingerprint density at radius 3 is 2.75 bits per heavy atom. The van der Waals surface area contributed by atoms with E-state index in [9.17, 15) is 4.79 Å². The minimum atomic E-state index is -0.0500. The number of imidazole rings is 1. The van der Waals surface area contributed by atoms with Crippen LogP contribution in [0.5, 0.6) is 0 Å². The third-order valence-corrected chi connectivity index (χ3v) is 3.14. The molecule has 0 aliphatic carbocycles. The van der Waals surface area contributed by atoms with Gasteiger partial charge in [-0.3, -0.25) is 4.79 Å². The molecule has 2 rings (SSSR count). The van der Waals surface area contributed by atoms with E-state index in [-0.39, 0.29) is 5.91 Å². The summed E-state index contributed by atoms with van der Waals surface area (Å²) >= 11 is 0. The van der Waals surface area contributed by atoms with Crippen LogP contribution in [0.1, 0.15) is 22.8 Å². The standard InChI is InChI=1S/C15H20N4O/c1-12(10-19-7-6-17-11-19)9-18-15(20)14-4-2-13(8-16)3-5-14/h2-7,11-12H,8-10,16H2,1H3,(H,18,20). The van der Waals surface area contributed by atoms with Crippen LogP contribution in [0.4, 0.5) is 0 Å². The molecule has 106 valence electrons. The van der Waals surface area contributed by atoms with Gasteiger partial charge in [-0.25, -0.2) is 4.98 Å². The van der Waals surface area contributed by atoms with Gasteiger partial charge in [0.25, 0.3) is 5.91 Å². The molecule has 0 aliphatic rings. The van der Waals surface area contributed by atoms with Crippen LogP contribution >= 0.6 is 0 Å². The SMILES string of the molecule is CC(CNC(=O)c1ccc(CN)cc1)Cn1ccnc1. The molecule has 0 aliphatic heterocycles. The number of nitrogens with two attached hydrogens (primary N) is 1. The molecule has 5 heteroatoms. The largest absolute Gasteiger partial charge is 0.352 e. The quantitative estimate of drug-likeness (QED) is 0.835. The van der Waals surface area contributed by atoms with Crippen molar-refractivity contribution in [3.8, 4) is 0 Å². The first kappa shape index (κ1) is 14.3. The van der Waals surface area contributed by atoms with Crippen LogP contribution in [-0.2, 0) is 13.1 Å². The average Bonchev–Trinajstić information content (AvgIpc) is 2.97. The van der Waals surface area contributed by atoms with Gasteiger partial charge in [-0.1, -0.05) is 19.1 Å². The molecule has 0 saturated heterocycles. The molecule has 1 aromatic carbocycles. The summed E-state index contributed by atoms with van der Waals surface area (Å²) in [5, 5.41) is 2.94. The summed E-state index contributed by atoms with van der Waals surface area (Å²) in [6.07, 6.45) is 5.46. The van der Waals surface area contributed by atoms with E-state index in [1.54, 1.807) is 24.7 Å². The molecule has 0 saturated carbocycles. The van der Waals surface area contributed by atoms with E-state index < -0.39 is 0 Å². The Morgan fingerprint density at radius 2 is 2.15 bits per heavy atom. The van der Waals surface area contributed by atoms with Crippen LogP contribution < -0.4 is 11.1 Å². The number of rotatable bonds is 6. The van der Waals surface area contributed by atoms with Crippen molar-refractivity contribution in [2.24, 2.45) is 11.7 Å². The lowest BCUT2D eigenvalue weighted by Crippen LogP contribution is -2.29. The van der Waals surface area contributed by atoms with E-state index in [2.05, 4.69) is 17.2 Å². The Kier molecular flexibility index (Phi) is 4.90. The van der Waals surface area contributed by atoms with E-state index in [0.29, 0.717) is 24.6 Å². The molecule has 0 bridgehead atoms. The first-order valence-corrected chi connectivity index (χ1v) is 6.72. The van der Waals surface area contributed by atoms with E-state index in [4.69, 9.17) is 5.73 Å². The van der Waals surface area contributed by atoms with Crippen molar-refractivity contribution in [2.45, 2.75) is 20.0 Å². The lowest BCUT2D eigenvalue weighted by molar-refractivity contribution is 0.0947. The molecule has 20 heavy (non-hydrogen) atoms. The summed E-state index contributed by atoms with van der Waals surface area (Å²) in [7, 11) is 0. The maximum absolute atomic E-state index is 12.0. The zero-order valence-corrected chi connectivity index (χ0v) is 11.6. The zero-order chi connectivity index (χ0) is 14.4. The smallest absolute Gasteiger partial charge is 0.251 e. The monoisotopic (exact) mass is 272 g/mol. The van der Waals surface area contributed by atoms with E-state index in [1.165, 1.54) is 0 Å². The molecule has 0 fully saturated rings. The van der Waals surface area contributed by atoms with Crippen LogP contribution in [0.15, 0.2) is 43.0 Å². The molecular weight excluding hydrogens is 252 g/mol. The van der Waals surface area contributed by atoms with Gasteiger partial charge in [0.2, 0.25) is 0 Å². The second-order valence-electron chi connectivity index (χ2n) is 4.98. The fourth-order valence-electron chi connectivity index (χ4n) is 1.98. The van der Waals surface area contributed by atoms with Crippen LogP contribution in [0.2, 0.25) is 0 Å². The second kappa shape index (κ2) is 6.86. The van der Waals surface area contributed by atoms with Crippen molar-refractivity contribution >= 4 is 5.91 Å². The number of benzene rings is 1. The van der Waals surface area contributed by atoms with E-state index in [1.807, 2.05) is 22.9 Å². The van der Waals surface area contributed by atoms with Crippen LogP contribution in [0.25, 0.3) is 0 Å². The minimum Gasteiger partial charge on any atom is -0.352 e. The molecular formula is C15H20N4O. The number of nitrogens with zero attached hydrogens (tertiary/aromatic N) is 2. The summed E-state index contributed by atoms with van der Waals surface area (Å²) in [6.45, 7) is 4.06. The average molecular weight is 272 g/mol. The maximum atomic E-state index is 12.0. The second-order valence-corrected chi connectivity index (χ2v) is 4.98. The highest BCUT2D eigenvalue weighted by Crippen LogP contribution is 2.04. The third-order valence-electron chi connectivity index (χ3n) is 3.14. The Morgan fingerprint density at radius 1 is 1.40 bits per heavy atom. The van der Waals surface area contributed by atoms with Gasteiger partial charge in [0.15, 0.2) is 0 Å². The van der Waals surface area contributed by atoms with Crippen molar-refractivity contribution in [1.82, 2.24) is 14.9 Å². The molecule has 5 nitrogen and oxygen atoms in total. The van der Waals surface area contributed by atoms with Crippen molar-refractivity contribution in [1.29, 1.82) is 0 Å². The van der Waals surface area contributed by atoms with Crippen molar-refractivity contribution in [2.75, 3.05) is 6.54 Å². The van der Waals surface area contributed by atoms with Gasteiger partial charge < -0.3 is 15.6 Å². The van der Waals surface area contributed by atoms with Crippen LogP contribution in [0, 0.1) is 5.92 Å². The number of carbonyl (C=O) groups excluding carboxylic acids is 1. The van der Waals surface area contributed by atoms with Crippen molar-refractivity contribution < 1.29 is 4.79 Å². The fraction of sp³-hybridized carbons (Fsp3) is 0.333. The van der Waals surface area contributed by atoms with Gasteiger partial charge >= 0.3 is 0 Å². The topological polar surface area (TPSA) is 72.9 Å². The lowest BCUT2D eigenvalue weighted by Gasteiger charge is -2.13. The number of nitrogens with one attached hydrogen (secondary N) is 1. The summed E-state index contributed by atoms with van der Waals surface area (Å²) in [5.74, 6) is 0.294. The van der Waals surface area contributed by atoms with Gasteiger partial charge in [0.1, 0.15) is 0 Å². The highest BCUT2D eigenvalue weighted by Gasteiger charge is 2.08. The number of carbonyl (C=O) groups is 1. The molecule has 1 unspecified atom stereocenters. The molecule has 2 aromatic rings. The molecule has 1 atom stereocenters. The number of hydrogen-bond acceptors (Lipinski definition) is 3. The number of amides is 1. The molecule has 0 radical (unpaired) electrons. The lowest BCUT2D eigenvalue weighted by atomic mass is 10.1. The molecule has 1 heterocycles. The van der Waals surface area contributed by atoms with E-state index >= 15 is 0 Å². The highest BCUT2D eigenvalue weighted by molar-refractivity contribution is 5.94. The molecule has 1 amide bonds. The summed E-state index contributed by atoms with van der Waals surface area (Å²) in [4.78, 5) is 16.0. The summed E-state index contributed by atoms with van der Waals surface area (Å²) < 4.78 is 2.01. The highest BCUT2D eigenvalue weighted by atomic mass is 16.1. The van der Waals surface area contributed by atoms with Crippen molar-refractivity contribution in [3.05, 3.63) is 54.1 Å². The van der Waals surface area contributed by atoms with Gasteiger partial charge in [0.05, 0.1) is 6.33 Å². The van der Waals surface area contributed by atoms with E-state index in [0.717, 1.165) is 12.1 Å². The minimum absolute atomic E-state index is 0.0500. The fourth-order valence-corrected chi connectivity index (χ4v) is 1.98. The Bertz CT molecular complexity index is 534. The van der Waals surface area contributed by atoms with Gasteiger partial charge in [-0.15, -0.1) is 0 Å². The summed E-state index contributed by atoms with van der Waals surface area (Å²) in [5.41, 5.74) is 7.22. The molecule has 1 aromatic heterocycles. The first-order valence-electron chi connectivity index (χ1n) is 6.72. The predicted octanol–water partition coefficient (Wildman–Crippen LogP) is 1.41. The van der Waals surface area contributed by atoms with Crippen LogP contribution in [-0.4, -0.2) is 22.0 Å². The van der Waals surface area contributed by atoms with Crippen LogP contribution in [0.3, 0.4) is 0 Å². The summed E-state index contributed by atoms with van der Waals surface area (Å²) in [6, 6.07) is 7.36. The predicted molar refractivity (Wildman–Crippen MR) is 78.1 cm³/mol. The molecule has 0 spiro atoms. The normalized spacial score (nSPS) is 12.1. The van der Waals surface area contributed by atoms with Gasteiger partial charge in [0, 0.05) is 37.6 Å². The molecule has 3 N–H and O–H groups in total. The number of hydrogen-bond donors (Lipinski definition) is 2. The third kappa shape index (κ3) is 3.93. The maximum Gasteiger partial charge on any atom is 0.251 e. The Labute approximate surface area is 118 Å². The first-order chi connectivity index (χ1) is 9.69.